The van der Waals surface area contributed by atoms with Crippen molar-refractivity contribution in [3.05, 3.63) is 58.3 Å². The zero-order chi connectivity index (χ0) is 16.1. The van der Waals surface area contributed by atoms with E-state index in [1.54, 1.807) is 6.07 Å². The van der Waals surface area contributed by atoms with E-state index >= 15 is 0 Å². The molecule has 1 fully saturated rings. The lowest BCUT2D eigenvalue weighted by Crippen LogP contribution is -2.36. The topological polar surface area (TPSA) is 77.7 Å². The largest absolute Gasteiger partial charge is 0.482 e. The first-order valence-electron chi connectivity index (χ1n) is 7.38. The van der Waals surface area contributed by atoms with Crippen LogP contribution in [0.2, 0.25) is 0 Å². The van der Waals surface area contributed by atoms with Gasteiger partial charge in [-0.3, -0.25) is 10.1 Å². The lowest BCUT2D eigenvalue weighted by molar-refractivity contribution is -0.386. The number of hydrogen-bond acceptors (Lipinski definition) is 6. The van der Waals surface area contributed by atoms with Crippen molar-refractivity contribution in [2.45, 2.75) is 6.61 Å². The average molecular weight is 315 g/mol. The number of benzene rings is 1. The molecule has 3 rings (SSSR count). The van der Waals surface area contributed by atoms with Gasteiger partial charge in [0.15, 0.2) is 0 Å². The second-order valence-electron chi connectivity index (χ2n) is 5.14. The van der Waals surface area contributed by atoms with Gasteiger partial charge < -0.3 is 14.4 Å². The van der Waals surface area contributed by atoms with Crippen LogP contribution >= 0.6 is 0 Å². The number of pyridine rings is 1. The molecular weight excluding hydrogens is 298 g/mol. The highest BCUT2D eigenvalue weighted by Gasteiger charge is 2.20. The van der Waals surface area contributed by atoms with Crippen LogP contribution in [0.1, 0.15) is 5.56 Å². The van der Waals surface area contributed by atoms with Crippen molar-refractivity contribution in [3.63, 3.8) is 0 Å². The van der Waals surface area contributed by atoms with Gasteiger partial charge in [-0.2, -0.15) is 0 Å². The van der Waals surface area contributed by atoms with Gasteiger partial charge in [0, 0.05) is 19.2 Å². The molecule has 1 aromatic carbocycles. The summed E-state index contributed by atoms with van der Waals surface area (Å²) in [6, 6.07) is 11.2. The van der Waals surface area contributed by atoms with E-state index in [2.05, 4.69) is 4.98 Å². The van der Waals surface area contributed by atoms with E-state index in [0.717, 1.165) is 5.56 Å². The average Bonchev–Trinajstić information content (AvgIpc) is 2.61. The molecule has 0 amide bonds. The lowest BCUT2D eigenvalue weighted by atomic mass is 10.2. The minimum atomic E-state index is -0.476. The Morgan fingerprint density at radius 2 is 2.00 bits per heavy atom. The Bertz CT molecular complexity index is 672. The molecule has 1 aromatic heterocycles. The van der Waals surface area contributed by atoms with Gasteiger partial charge in [-0.1, -0.05) is 30.3 Å². The first-order chi connectivity index (χ1) is 11.2. The van der Waals surface area contributed by atoms with Crippen LogP contribution in [0, 0.1) is 10.1 Å². The normalized spacial score (nSPS) is 14.5. The first kappa shape index (κ1) is 15.2. The predicted octanol–water partition coefficient (Wildman–Crippen LogP) is 2.41. The van der Waals surface area contributed by atoms with Gasteiger partial charge in [0.05, 0.1) is 18.1 Å². The smallest absolute Gasteiger partial charge is 0.329 e. The maximum atomic E-state index is 11.2. The van der Waals surface area contributed by atoms with Crippen LogP contribution in [0.25, 0.3) is 0 Å². The summed E-state index contributed by atoms with van der Waals surface area (Å²) in [6.07, 6.45) is 1.26. The van der Waals surface area contributed by atoms with Crippen LogP contribution in [0.3, 0.4) is 0 Å². The third kappa shape index (κ3) is 3.75. The maximum absolute atomic E-state index is 11.2. The Morgan fingerprint density at radius 3 is 2.70 bits per heavy atom. The fraction of sp³-hybridized carbons (Fsp3) is 0.312. The van der Waals surface area contributed by atoms with Gasteiger partial charge in [0.1, 0.15) is 18.6 Å². The highest BCUT2D eigenvalue weighted by molar-refractivity contribution is 5.53. The Kier molecular flexibility index (Phi) is 4.68. The van der Waals surface area contributed by atoms with Gasteiger partial charge in [-0.15, -0.1) is 0 Å². The minimum absolute atomic E-state index is 0.127. The van der Waals surface area contributed by atoms with Crippen molar-refractivity contribution in [1.82, 2.24) is 4.98 Å². The maximum Gasteiger partial charge on any atom is 0.329 e. The predicted molar refractivity (Wildman–Crippen MR) is 84.7 cm³/mol. The summed E-state index contributed by atoms with van der Waals surface area (Å²) in [7, 11) is 0. The number of rotatable bonds is 5. The molecule has 0 radical (unpaired) electrons. The summed E-state index contributed by atoms with van der Waals surface area (Å²) < 4.78 is 11.0. The summed E-state index contributed by atoms with van der Waals surface area (Å²) >= 11 is 0. The second kappa shape index (κ2) is 7.06. The van der Waals surface area contributed by atoms with Gasteiger partial charge >= 0.3 is 5.69 Å². The zero-order valence-electron chi connectivity index (χ0n) is 12.6. The Hall–Kier alpha value is -2.67. The van der Waals surface area contributed by atoms with Crippen molar-refractivity contribution < 1.29 is 14.4 Å². The quantitative estimate of drug-likeness (QED) is 0.623. The fourth-order valence-electron chi connectivity index (χ4n) is 2.37. The molecule has 1 aliphatic heterocycles. The summed E-state index contributed by atoms with van der Waals surface area (Å²) in [5.41, 5.74) is 0.824. The highest BCUT2D eigenvalue weighted by atomic mass is 16.6. The number of morpholine rings is 1. The van der Waals surface area contributed by atoms with E-state index < -0.39 is 4.92 Å². The van der Waals surface area contributed by atoms with Crippen LogP contribution in [0.4, 0.5) is 11.5 Å². The Labute approximate surface area is 133 Å². The van der Waals surface area contributed by atoms with Gasteiger partial charge in [0.2, 0.25) is 5.75 Å². The van der Waals surface area contributed by atoms with Crippen molar-refractivity contribution in [3.8, 4) is 5.75 Å². The van der Waals surface area contributed by atoms with E-state index in [1.807, 2.05) is 35.2 Å². The molecule has 120 valence electrons. The molecule has 0 N–H and O–H groups in total. The summed E-state index contributed by atoms with van der Waals surface area (Å²) in [4.78, 5) is 16.9. The number of nitro groups is 1. The van der Waals surface area contributed by atoms with Gasteiger partial charge in [-0.05, 0) is 5.56 Å². The second-order valence-corrected chi connectivity index (χ2v) is 5.14. The lowest BCUT2D eigenvalue weighted by Gasteiger charge is -2.27. The number of nitrogens with zero attached hydrogens (tertiary/aromatic N) is 3. The highest BCUT2D eigenvalue weighted by Crippen LogP contribution is 2.30. The molecule has 2 aromatic rings. The van der Waals surface area contributed by atoms with E-state index in [1.165, 1.54) is 6.20 Å². The molecule has 23 heavy (non-hydrogen) atoms. The summed E-state index contributed by atoms with van der Waals surface area (Å²) in [6.45, 7) is 2.94. The van der Waals surface area contributed by atoms with E-state index in [9.17, 15) is 10.1 Å². The van der Waals surface area contributed by atoms with Crippen molar-refractivity contribution >= 4 is 11.5 Å². The molecule has 2 heterocycles. The first-order valence-corrected chi connectivity index (χ1v) is 7.38. The van der Waals surface area contributed by atoms with Crippen molar-refractivity contribution in [2.24, 2.45) is 0 Å². The molecule has 0 spiro atoms. The third-order valence-electron chi connectivity index (χ3n) is 3.60. The zero-order valence-corrected chi connectivity index (χ0v) is 12.6. The van der Waals surface area contributed by atoms with Gasteiger partial charge in [-0.25, -0.2) is 4.98 Å². The molecule has 0 unspecified atom stereocenters. The van der Waals surface area contributed by atoms with Crippen LogP contribution < -0.4 is 9.64 Å². The van der Waals surface area contributed by atoms with Crippen LogP contribution in [0.5, 0.6) is 5.75 Å². The molecule has 0 bridgehead atoms. The van der Waals surface area contributed by atoms with E-state index in [4.69, 9.17) is 9.47 Å². The summed E-state index contributed by atoms with van der Waals surface area (Å²) in [5.74, 6) is 0.900. The van der Waals surface area contributed by atoms with Crippen LogP contribution in [0.15, 0.2) is 42.6 Å². The number of aromatic nitrogens is 1. The SMILES string of the molecule is O=[N+]([O-])c1cnc(N2CCOCC2)cc1OCc1ccccc1. The monoisotopic (exact) mass is 315 g/mol. The van der Waals surface area contributed by atoms with Crippen molar-refractivity contribution in [2.75, 3.05) is 31.2 Å². The van der Waals surface area contributed by atoms with E-state index in [0.29, 0.717) is 32.1 Å². The number of ether oxygens (including phenoxy) is 2. The molecule has 0 aliphatic carbocycles. The summed E-state index contributed by atoms with van der Waals surface area (Å²) in [5, 5.41) is 11.2. The fourth-order valence-corrected chi connectivity index (χ4v) is 2.37. The van der Waals surface area contributed by atoms with Crippen molar-refractivity contribution in [1.29, 1.82) is 0 Å². The molecule has 7 heteroatoms. The molecule has 7 nitrogen and oxygen atoms in total. The molecule has 0 atom stereocenters. The number of hydrogen-bond donors (Lipinski definition) is 0. The molecule has 0 saturated carbocycles. The van der Waals surface area contributed by atoms with Gasteiger partial charge in [0.25, 0.3) is 0 Å². The van der Waals surface area contributed by atoms with E-state index in [-0.39, 0.29) is 18.0 Å². The van der Waals surface area contributed by atoms with Crippen LogP contribution in [-0.4, -0.2) is 36.2 Å². The van der Waals surface area contributed by atoms with Crippen LogP contribution in [-0.2, 0) is 11.3 Å². The Balaban J connectivity index is 1.81. The molecular formula is C16H17N3O4. The molecule has 1 aliphatic rings. The standard InChI is InChI=1S/C16H17N3O4/c20-19(21)14-11-17-16(18-6-8-22-9-7-18)10-15(14)23-12-13-4-2-1-3-5-13/h1-5,10-11H,6-9,12H2. The Morgan fingerprint density at radius 1 is 1.26 bits per heavy atom. The molecule has 1 saturated heterocycles. The third-order valence-corrected chi connectivity index (χ3v) is 3.60. The number of anilines is 1. The minimum Gasteiger partial charge on any atom is -0.482 e.